The van der Waals surface area contributed by atoms with Crippen molar-refractivity contribution in [2.24, 2.45) is 11.3 Å². The van der Waals surface area contributed by atoms with Crippen molar-refractivity contribution in [1.29, 1.82) is 0 Å². The van der Waals surface area contributed by atoms with Crippen LogP contribution >= 0.6 is 34.8 Å². The molecule has 118 valence electrons. The maximum absolute atomic E-state index is 14.0. The Morgan fingerprint density at radius 2 is 1.95 bits per heavy atom. The van der Waals surface area contributed by atoms with Gasteiger partial charge in [0, 0.05) is 27.8 Å². The first kappa shape index (κ1) is 17.3. The summed E-state index contributed by atoms with van der Waals surface area (Å²) >= 11 is 18.3. The highest BCUT2D eigenvalue weighted by atomic mass is 35.5. The van der Waals surface area contributed by atoms with Crippen molar-refractivity contribution >= 4 is 44.6 Å². The Kier molecular flexibility index (Phi) is 5.45. The average Bonchev–Trinajstić information content (AvgIpc) is 2.80. The van der Waals surface area contributed by atoms with Crippen LogP contribution in [0.25, 0.3) is 0 Å². The monoisotopic (exact) mass is 372 g/mol. The number of alkyl halides is 2. The molecule has 1 aliphatic heterocycles. The molecule has 1 atom stereocenters. The van der Waals surface area contributed by atoms with Gasteiger partial charge in [-0.3, -0.25) is 0 Å². The third-order valence-electron chi connectivity index (χ3n) is 4.22. The Labute approximate surface area is 139 Å². The van der Waals surface area contributed by atoms with E-state index in [0.717, 1.165) is 0 Å². The Balaban J connectivity index is 2.35. The minimum atomic E-state index is -3.06. The summed E-state index contributed by atoms with van der Waals surface area (Å²) in [6.07, 6.45) is 0.750. The summed E-state index contributed by atoms with van der Waals surface area (Å²) in [7, 11) is -3.06. The molecular weight excluding hydrogens is 358 g/mol. The summed E-state index contributed by atoms with van der Waals surface area (Å²) in [6.45, 7) is 0. The van der Waals surface area contributed by atoms with Gasteiger partial charge < -0.3 is 0 Å². The molecule has 0 amide bonds. The van der Waals surface area contributed by atoms with Crippen molar-refractivity contribution in [1.82, 2.24) is 0 Å². The summed E-state index contributed by atoms with van der Waals surface area (Å²) in [5.41, 5.74) is -0.317. The molecule has 0 radical (unpaired) electrons. The fourth-order valence-corrected chi connectivity index (χ4v) is 5.91. The van der Waals surface area contributed by atoms with E-state index in [1.807, 2.05) is 0 Å². The normalized spacial score (nSPS) is 21.6. The topological polar surface area (TPSA) is 34.1 Å². The highest BCUT2D eigenvalue weighted by Gasteiger charge is 2.44. The van der Waals surface area contributed by atoms with E-state index in [9.17, 15) is 12.8 Å². The minimum Gasteiger partial charge on any atom is -0.229 e. The van der Waals surface area contributed by atoms with Crippen molar-refractivity contribution in [2.75, 3.05) is 23.3 Å². The van der Waals surface area contributed by atoms with Crippen LogP contribution in [-0.4, -0.2) is 31.7 Å². The summed E-state index contributed by atoms with van der Waals surface area (Å²) in [5.74, 6) is -0.0597. The molecule has 1 unspecified atom stereocenters. The van der Waals surface area contributed by atoms with Gasteiger partial charge in [-0.1, -0.05) is 17.7 Å². The van der Waals surface area contributed by atoms with Crippen molar-refractivity contribution in [3.8, 4) is 0 Å². The molecule has 0 saturated carbocycles. The highest BCUT2D eigenvalue weighted by Crippen LogP contribution is 2.42. The fourth-order valence-electron chi connectivity index (χ4n) is 2.82. The zero-order valence-electron chi connectivity index (χ0n) is 11.3. The fraction of sp³-hybridized carbons (Fsp3) is 0.571. The van der Waals surface area contributed by atoms with E-state index in [0.29, 0.717) is 17.0 Å². The summed E-state index contributed by atoms with van der Waals surface area (Å²) < 4.78 is 37.4. The predicted octanol–water partition coefficient (Wildman–Crippen LogP) is 3.92. The number of hydrogen-bond acceptors (Lipinski definition) is 2. The van der Waals surface area contributed by atoms with Gasteiger partial charge in [0.25, 0.3) is 0 Å². The molecular formula is C14H16Cl3FO2S. The first-order valence-corrected chi connectivity index (χ1v) is 9.85. The van der Waals surface area contributed by atoms with Gasteiger partial charge in [0.05, 0.1) is 11.5 Å². The lowest BCUT2D eigenvalue weighted by Crippen LogP contribution is -2.38. The molecule has 1 fully saturated rings. The average molecular weight is 374 g/mol. The first-order chi connectivity index (χ1) is 9.83. The molecule has 0 aromatic heterocycles. The molecule has 2 nitrogen and oxygen atoms in total. The van der Waals surface area contributed by atoms with E-state index >= 15 is 0 Å². The summed E-state index contributed by atoms with van der Waals surface area (Å²) in [5, 5.41) is 0.315. The van der Waals surface area contributed by atoms with E-state index in [1.54, 1.807) is 6.07 Å². The highest BCUT2D eigenvalue weighted by molar-refractivity contribution is 7.91. The zero-order chi connectivity index (χ0) is 15.7. The molecule has 1 aliphatic rings. The molecule has 0 spiro atoms. The largest absolute Gasteiger partial charge is 0.229 e. The maximum atomic E-state index is 14.0. The van der Waals surface area contributed by atoms with E-state index in [2.05, 4.69) is 0 Å². The van der Waals surface area contributed by atoms with E-state index in [4.69, 9.17) is 34.8 Å². The van der Waals surface area contributed by atoms with Crippen LogP contribution in [0.5, 0.6) is 0 Å². The second-order valence-electron chi connectivity index (χ2n) is 5.61. The lowest BCUT2D eigenvalue weighted by Gasteiger charge is -2.35. The second kappa shape index (κ2) is 6.61. The Hall–Kier alpha value is -0.0300. The zero-order valence-corrected chi connectivity index (χ0v) is 14.4. The van der Waals surface area contributed by atoms with Crippen molar-refractivity contribution in [3.63, 3.8) is 0 Å². The number of benzene rings is 1. The van der Waals surface area contributed by atoms with Gasteiger partial charge >= 0.3 is 0 Å². The lowest BCUT2D eigenvalue weighted by atomic mass is 9.73. The van der Waals surface area contributed by atoms with Gasteiger partial charge in [-0.05, 0) is 30.9 Å². The molecule has 0 bridgehead atoms. The van der Waals surface area contributed by atoms with Crippen LogP contribution in [0.2, 0.25) is 5.02 Å². The van der Waals surface area contributed by atoms with Crippen LogP contribution < -0.4 is 0 Å². The number of sulfone groups is 1. The van der Waals surface area contributed by atoms with Gasteiger partial charge in [-0.15, -0.1) is 23.2 Å². The van der Waals surface area contributed by atoms with Gasteiger partial charge in [0.2, 0.25) is 0 Å². The maximum Gasteiger partial charge on any atom is 0.150 e. The molecule has 1 heterocycles. The van der Waals surface area contributed by atoms with E-state index in [1.165, 1.54) is 12.1 Å². The molecule has 2 rings (SSSR count). The van der Waals surface area contributed by atoms with Gasteiger partial charge in [-0.25, -0.2) is 12.8 Å². The lowest BCUT2D eigenvalue weighted by molar-refractivity contribution is 0.242. The minimum absolute atomic E-state index is 0.0541. The SMILES string of the molecule is O=S1(=O)CCC(C(CCl)(CCl)Cc2c(F)cccc2Cl)C1. The van der Waals surface area contributed by atoms with E-state index < -0.39 is 21.1 Å². The van der Waals surface area contributed by atoms with Crippen LogP contribution in [0.1, 0.15) is 12.0 Å². The number of rotatable bonds is 5. The standard InChI is InChI=1S/C14H16Cl3FO2S/c15-8-14(9-16,10-4-5-21(19,20)7-10)6-11-12(17)2-1-3-13(11)18/h1-3,10H,4-9H2. The third kappa shape index (κ3) is 3.66. The molecule has 1 saturated heterocycles. The predicted molar refractivity (Wildman–Crippen MR) is 85.7 cm³/mol. The molecule has 0 aliphatic carbocycles. The third-order valence-corrected chi connectivity index (χ3v) is 7.41. The van der Waals surface area contributed by atoms with Gasteiger partial charge in [0.1, 0.15) is 5.82 Å². The summed E-state index contributed by atoms with van der Waals surface area (Å²) in [4.78, 5) is 0. The first-order valence-electron chi connectivity index (χ1n) is 6.59. The Bertz CT molecular complexity index is 594. The summed E-state index contributed by atoms with van der Waals surface area (Å²) in [6, 6.07) is 4.47. The quantitative estimate of drug-likeness (QED) is 0.733. The van der Waals surface area contributed by atoms with Crippen molar-refractivity contribution in [2.45, 2.75) is 12.8 Å². The van der Waals surface area contributed by atoms with Crippen molar-refractivity contribution < 1.29 is 12.8 Å². The smallest absolute Gasteiger partial charge is 0.150 e. The molecule has 21 heavy (non-hydrogen) atoms. The van der Waals surface area contributed by atoms with Gasteiger partial charge in [-0.2, -0.15) is 0 Å². The van der Waals surface area contributed by atoms with Crippen LogP contribution in [-0.2, 0) is 16.3 Å². The molecule has 7 heteroatoms. The second-order valence-corrected chi connectivity index (χ2v) is 8.78. The molecule has 1 aromatic carbocycles. The number of hydrogen-bond donors (Lipinski definition) is 0. The van der Waals surface area contributed by atoms with Crippen molar-refractivity contribution in [3.05, 3.63) is 34.6 Å². The van der Waals surface area contributed by atoms with Crippen LogP contribution in [0.3, 0.4) is 0 Å². The Morgan fingerprint density at radius 1 is 1.29 bits per heavy atom. The van der Waals surface area contributed by atoms with Crippen LogP contribution in [0.4, 0.5) is 4.39 Å². The molecule has 0 N–H and O–H groups in total. The molecule has 1 aromatic rings. The Morgan fingerprint density at radius 3 is 2.43 bits per heavy atom. The van der Waals surface area contributed by atoms with Crippen LogP contribution in [0, 0.1) is 17.2 Å². The van der Waals surface area contributed by atoms with E-state index in [-0.39, 0.29) is 35.6 Å². The number of halogens is 4. The van der Waals surface area contributed by atoms with Gasteiger partial charge in [0.15, 0.2) is 9.84 Å². The van der Waals surface area contributed by atoms with Crippen LogP contribution in [0.15, 0.2) is 18.2 Å².